The van der Waals surface area contributed by atoms with Crippen LogP contribution in [0.25, 0.3) is 0 Å². The standard InChI is InChI=1S/C13H14FN3O2S2/c1-8-2-3-9(14)6-12(8)21(18,19)17-13-16-10-4-5-15-7-11(10)20-13/h2-3,6,15H,4-5,7H2,1H3,(H,16,17). The highest BCUT2D eigenvalue weighted by molar-refractivity contribution is 7.93. The second kappa shape index (κ2) is 5.36. The minimum atomic E-state index is -3.83. The number of nitrogens with zero attached hydrogens (tertiary/aromatic N) is 1. The number of benzene rings is 1. The average molecular weight is 327 g/mol. The summed E-state index contributed by atoms with van der Waals surface area (Å²) >= 11 is 1.31. The van der Waals surface area contributed by atoms with Gasteiger partial charge in [-0.25, -0.2) is 17.8 Å². The van der Waals surface area contributed by atoms with Gasteiger partial charge in [0.1, 0.15) is 5.82 Å². The molecule has 112 valence electrons. The van der Waals surface area contributed by atoms with Crippen LogP contribution in [0.2, 0.25) is 0 Å². The number of rotatable bonds is 3. The monoisotopic (exact) mass is 327 g/mol. The first-order valence-electron chi connectivity index (χ1n) is 6.44. The summed E-state index contributed by atoms with van der Waals surface area (Å²) in [6.07, 6.45) is 0.784. The van der Waals surface area contributed by atoms with E-state index in [1.165, 1.54) is 23.5 Å². The van der Waals surface area contributed by atoms with Gasteiger partial charge in [0.15, 0.2) is 5.13 Å². The molecule has 3 rings (SSSR count). The smallest absolute Gasteiger partial charge is 0.264 e. The molecule has 0 fully saturated rings. The van der Waals surface area contributed by atoms with Gasteiger partial charge in [-0.2, -0.15) is 0 Å². The lowest BCUT2D eigenvalue weighted by Gasteiger charge is -2.09. The number of aryl methyl sites for hydroxylation is 1. The SMILES string of the molecule is Cc1ccc(F)cc1S(=O)(=O)Nc1nc2c(s1)CNCC2. The minimum Gasteiger partial charge on any atom is -0.311 e. The van der Waals surface area contributed by atoms with Crippen molar-refractivity contribution in [3.63, 3.8) is 0 Å². The molecule has 1 aromatic heterocycles. The highest BCUT2D eigenvalue weighted by Gasteiger charge is 2.21. The van der Waals surface area contributed by atoms with Gasteiger partial charge in [-0.15, -0.1) is 0 Å². The maximum Gasteiger partial charge on any atom is 0.264 e. The Morgan fingerprint density at radius 3 is 3.00 bits per heavy atom. The van der Waals surface area contributed by atoms with Crippen LogP contribution in [0.15, 0.2) is 23.1 Å². The molecule has 2 N–H and O–H groups in total. The van der Waals surface area contributed by atoms with Crippen LogP contribution in [0.5, 0.6) is 0 Å². The van der Waals surface area contributed by atoms with Crippen molar-refractivity contribution in [1.82, 2.24) is 10.3 Å². The topological polar surface area (TPSA) is 71.1 Å². The molecule has 1 aliphatic rings. The number of hydrogen-bond acceptors (Lipinski definition) is 5. The summed E-state index contributed by atoms with van der Waals surface area (Å²) in [5.41, 5.74) is 1.42. The van der Waals surface area contributed by atoms with Crippen LogP contribution in [0, 0.1) is 12.7 Å². The van der Waals surface area contributed by atoms with Crippen LogP contribution in [0.4, 0.5) is 9.52 Å². The van der Waals surface area contributed by atoms with Crippen LogP contribution in [0.1, 0.15) is 16.1 Å². The predicted molar refractivity (Wildman–Crippen MR) is 79.5 cm³/mol. The summed E-state index contributed by atoms with van der Waals surface area (Å²) in [5.74, 6) is -0.580. The number of anilines is 1. The van der Waals surface area contributed by atoms with Crippen molar-refractivity contribution in [1.29, 1.82) is 0 Å². The third-order valence-corrected chi connectivity index (χ3v) is 5.89. The molecule has 0 radical (unpaired) electrons. The Kier molecular flexibility index (Phi) is 3.68. The fraction of sp³-hybridized carbons (Fsp3) is 0.308. The Hall–Kier alpha value is -1.51. The van der Waals surface area contributed by atoms with Crippen LogP contribution in [0.3, 0.4) is 0 Å². The summed E-state index contributed by atoms with van der Waals surface area (Å²) in [6, 6.07) is 3.70. The second-order valence-corrected chi connectivity index (χ2v) is 7.57. The van der Waals surface area contributed by atoms with Crippen LogP contribution >= 0.6 is 11.3 Å². The second-order valence-electron chi connectivity index (χ2n) is 4.83. The van der Waals surface area contributed by atoms with Crippen molar-refractivity contribution in [2.24, 2.45) is 0 Å². The quantitative estimate of drug-likeness (QED) is 0.905. The van der Waals surface area contributed by atoms with Crippen molar-refractivity contribution < 1.29 is 12.8 Å². The zero-order valence-corrected chi connectivity index (χ0v) is 12.9. The van der Waals surface area contributed by atoms with Gasteiger partial charge in [0, 0.05) is 24.4 Å². The molecule has 8 heteroatoms. The van der Waals surface area contributed by atoms with Crippen LogP contribution < -0.4 is 10.0 Å². The Morgan fingerprint density at radius 2 is 2.24 bits per heavy atom. The van der Waals surface area contributed by atoms with Crippen molar-refractivity contribution in [3.05, 3.63) is 40.2 Å². The van der Waals surface area contributed by atoms with Gasteiger partial charge in [0.2, 0.25) is 0 Å². The highest BCUT2D eigenvalue weighted by Crippen LogP contribution is 2.28. The zero-order chi connectivity index (χ0) is 15.0. The molecule has 0 amide bonds. The number of halogens is 1. The molecule has 0 atom stereocenters. The van der Waals surface area contributed by atoms with Gasteiger partial charge < -0.3 is 5.32 Å². The van der Waals surface area contributed by atoms with Crippen molar-refractivity contribution in [2.75, 3.05) is 11.3 Å². The van der Waals surface area contributed by atoms with Crippen LogP contribution in [-0.4, -0.2) is 19.9 Å². The lowest BCUT2D eigenvalue weighted by molar-refractivity contribution is 0.594. The number of thiazole rings is 1. The molecule has 0 saturated carbocycles. The van der Waals surface area contributed by atoms with Crippen molar-refractivity contribution >= 4 is 26.5 Å². The molecule has 0 saturated heterocycles. The van der Waals surface area contributed by atoms with E-state index in [9.17, 15) is 12.8 Å². The lowest BCUT2D eigenvalue weighted by atomic mass is 10.2. The average Bonchev–Trinajstić information content (AvgIpc) is 2.82. The maximum atomic E-state index is 13.3. The number of fused-ring (bicyclic) bond motifs is 1. The molecule has 2 heterocycles. The summed E-state index contributed by atoms with van der Waals surface area (Å²) < 4.78 is 40.5. The summed E-state index contributed by atoms with van der Waals surface area (Å²) in [6.45, 7) is 3.17. The Labute approximate surface area is 126 Å². The molecule has 2 aromatic rings. The van der Waals surface area contributed by atoms with Gasteiger partial charge in [0.05, 0.1) is 10.6 Å². The zero-order valence-electron chi connectivity index (χ0n) is 11.3. The van der Waals surface area contributed by atoms with Crippen molar-refractivity contribution in [3.8, 4) is 0 Å². The fourth-order valence-electron chi connectivity index (χ4n) is 2.20. The predicted octanol–water partition coefficient (Wildman–Crippen LogP) is 2.04. The van der Waals surface area contributed by atoms with Crippen molar-refractivity contribution in [2.45, 2.75) is 24.8 Å². The third kappa shape index (κ3) is 2.92. The van der Waals surface area contributed by atoms with E-state index in [1.54, 1.807) is 6.92 Å². The van der Waals surface area contributed by atoms with Crippen LogP contribution in [-0.2, 0) is 23.0 Å². The van der Waals surface area contributed by atoms with E-state index in [2.05, 4.69) is 15.0 Å². The van der Waals surface area contributed by atoms with E-state index in [4.69, 9.17) is 0 Å². The first kappa shape index (κ1) is 14.4. The van der Waals surface area contributed by atoms with E-state index >= 15 is 0 Å². The third-order valence-electron chi connectivity index (χ3n) is 3.26. The van der Waals surface area contributed by atoms with E-state index in [0.717, 1.165) is 29.6 Å². The minimum absolute atomic E-state index is 0.0613. The molecule has 1 aromatic carbocycles. The Balaban J connectivity index is 1.92. The number of hydrogen-bond donors (Lipinski definition) is 2. The normalized spacial score (nSPS) is 14.8. The molecule has 21 heavy (non-hydrogen) atoms. The highest BCUT2D eigenvalue weighted by atomic mass is 32.2. The molecular formula is C13H14FN3O2S2. The molecule has 0 bridgehead atoms. The fourth-order valence-corrected chi connectivity index (χ4v) is 4.67. The Bertz CT molecular complexity index is 763. The number of sulfonamides is 1. The van der Waals surface area contributed by atoms with Gasteiger partial charge >= 0.3 is 0 Å². The number of aromatic nitrogens is 1. The molecule has 0 spiro atoms. The molecule has 0 unspecified atom stereocenters. The van der Waals surface area contributed by atoms with E-state index in [1.807, 2.05) is 0 Å². The lowest BCUT2D eigenvalue weighted by Crippen LogP contribution is -2.22. The first-order chi connectivity index (χ1) is 9.95. The summed E-state index contributed by atoms with van der Waals surface area (Å²) in [5, 5.41) is 3.54. The number of nitrogens with one attached hydrogen (secondary N) is 2. The first-order valence-corrected chi connectivity index (χ1v) is 8.74. The van der Waals surface area contributed by atoms with E-state index in [-0.39, 0.29) is 4.90 Å². The van der Waals surface area contributed by atoms with Gasteiger partial charge in [-0.3, -0.25) is 4.72 Å². The molecule has 0 aliphatic carbocycles. The van der Waals surface area contributed by atoms with E-state index in [0.29, 0.717) is 17.2 Å². The maximum absolute atomic E-state index is 13.3. The van der Waals surface area contributed by atoms with E-state index < -0.39 is 15.8 Å². The van der Waals surface area contributed by atoms with Gasteiger partial charge in [-0.05, 0) is 24.6 Å². The molecule has 1 aliphatic heterocycles. The molecule has 5 nitrogen and oxygen atoms in total. The molecular weight excluding hydrogens is 313 g/mol. The summed E-state index contributed by atoms with van der Waals surface area (Å²) in [4.78, 5) is 5.28. The van der Waals surface area contributed by atoms with Gasteiger partial charge in [0.25, 0.3) is 10.0 Å². The largest absolute Gasteiger partial charge is 0.311 e. The summed E-state index contributed by atoms with van der Waals surface area (Å²) in [7, 11) is -3.83. The van der Waals surface area contributed by atoms with Gasteiger partial charge in [-0.1, -0.05) is 17.4 Å². The Morgan fingerprint density at radius 1 is 1.43 bits per heavy atom.